The molecule has 5 nitrogen and oxygen atoms in total. The average Bonchev–Trinajstić information content (AvgIpc) is 2.50. The summed E-state index contributed by atoms with van der Waals surface area (Å²) in [5, 5.41) is 6.75. The maximum absolute atomic E-state index is 6.13. The number of nitrogens with zero attached hydrogens (tertiary/aromatic N) is 2. The first-order chi connectivity index (χ1) is 10.1. The van der Waals surface area contributed by atoms with Gasteiger partial charge in [-0.2, -0.15) is 4.98 Å². The number of nitrogens with one attached hydrogen (secondary N) is 2. The normalized spacial score (nSPS) is 10.3. The third-order valence-corrected chi connectivity index (χ3v) is 3.62. The number of aromatic nitrogens is 2. The Labute approximate surface area is 137 Å². The fourth-order valence-electron chi connectivity index (χ4n) is 1.65. The highest BCUT2D eigenvalue weighted by atomic mass is 79.9. The van der Waals surface area contributed by atoms with Crippen molar-refractivity contribution >= 4 is 45.0 Å². The largest absolute Gasteiger partial charge is 0.495 e. The van der Waals surface area contributed by atoms with Crippen molar-refractivity contribution in [3.05, 3.63) is 33.9 Å². The summed E-state index contributed by atoms with van der Waals surface area (Å²) in [6, 6.07) is 5.67. The minimum atomic E-state index is 0.457. The van der Waals surface area contributed by atoms with Crippen LogP contribution in [0.4, 0.5) is 17.5 Å². The van der Waals surface area contributed by atoms with Gasteiger partial charge in [-0.05, 0) is 34.5 Å². The van der Waals surface area contributed by atoms with Crippen molar-refractivity contribution in [1.82, 2.24) is 9.97 Å². The molecule has 2 aromatic rings. The summed E-state index contributed by atoms with van der Waals surface area (Å²) in [6.07, 6.45) is 2.57. The summed E-state index contributed by atoms with van der Waals surface area (Å²) in [5.74, 6) is 1.83. The van der Waals surface area contributed by atoms with Crippen molar-refractivity contribution in [2.75, 3.05) is 24.3 Å². The van der Waals surface area contributed by atoms with E-state index in [-0.39, 0.29) is 0 Å². The summed E-state index contributed by atoms with van der Waals surface area (Å²) >= 11 is 9.55. The molecule has 0 saturated carbocycles. The summed E-state index contributed by atoms with van der Waals surface area (Å²) in [4.78, 5) is 8.50. The van der Waals surface area contributed by atoms with Crippen molar-refractivity contribution in [3.8, 4) is 5.75 Å². The Kier molecular flexibility index (Phi) is 5.64. The van der Waals surface area contributed by atoms with Crippen LogP contribution in [0.1, 0.15) is 13.3 Å². The lowest BCUT2D eigenvalue weighted by atomic mass is 10.3. The Hall–Kier alpha value is -1.53. The molecule has 0 spiro atoms. The molecule has 1 aromatic heterocycles. The van der Waals surface area contributed by atoms with Gasteiger partial charge in [0.1, 0.15) is 10.8 Å². The lowest BCUT2D eigenvalue weighted by Crippen LogP contribution is -2.06. The summed E-state index contributed by atoms with van der Waals surface area (Å²) in [5.41, 5.74) is 0.831. The summed E-state index contributed by atoms with van der Waals surface area (Å²) < 4.78 is 6.15. The predicted octanol–water partition coefficient (Wildman–Crippen LogP) is 4.47. The average molecular weight is 372 g/mol. The second-order valence-electron chi connectivity index (χ2n) is 4.29. The van der Waals surface area contributed by atoms with Gasteiger partial charge in [-0.1, -0.05) is 18.5 Å². The van der Waals surface area contributed by atoms with Gasteiger partial charge in [0.15, 0.2) is 5.82 Å². The molecule has 7 heteroatoms. The minimum Gasteiger partial charge on any atom is -0.495 e. The van der Waals surface area contributed by atoms with Crippen LogP contribution in [0.25, 0.3) is 0 Å². The molecule has 0 atom stereocenters. The number of benzene rings is 1. The molecule has 0 unspecified atom stereocenters. The van der Waals surface area contributed by atoms with Crippen molar-refractivity contribution in [2.45, 2.75) is 13.3 Å². The molecule has 0 aliphatic heterocycles. The molecule has 0 bridgehead atoms. The number of hydrogen-bond acceptors (Lipinski definition) is 5. The molecule has 2 N–H and O–H groups in total. The second kappa shape index (κ2) is 7.47. The quantitative estimate of drug-likeness (QED) is 0.784. The molecular formula is C14H16BrClN4O. The van der Waals surface area contributed by atoms with Gasteiger partial charge < -0.3 is 15.4 Å². The molecular weight excluding hydrogens is 356 g/mol. The standard InChI is InChI=1S/C14H16BrClN4O/c1-3-6-17-14-18-8-11(16)13(20-14)19-9-4-5-10(15)12(7-9)21-2/h4-5,7-8H,3,6H2,1-2H3,(H2,17,18,19,20). The van der Waals surface area contributed by atoms with Crippen LogP contribution in [0, 0.1) is 0 Å². The molecule has 0 radical (unpaired) electrons. The maximum Gasteiger partial charge on any atom is 0.224 e. The van der Waals surface area contributed by atoms with Gasteiger partial charge in [-0.15, -0.1) is 0 Å². The molecule has 1 heterocycles. The SMILES string of the molecule is CCCNc1ncc(Cl)c(Nc2ccc(Br)c(OC)c2)n1. The Morgan fingerprint density at radius 1 is 1.38 bits per heavy atom. The van der Waals surface area contributed by atoms with Crippen LogP contribution in [0.15, 0.2) is 28.9 Å². The molecule has 112 valence electrons. The lowest BCUT2D eigenvalue weighted by molar-refractivity contribution is 0.412. The van der Waals surface area contributed by atoms with Crippen LogP contribution in [0.5, 0.6) is 5.75 Å². The van der Waals surface area contributed by atoms with Crippen molar-refractivity contribution in [1.29, 1.82) is 0 Å². The smallest absolute Gasteiger partial charge is 0.224 e. The monoisotopic (exact) mass is 370 g/mol. The minimum absolute atomic E-state index is 0.457. The van der Waals surface area contributed by atoms with Gasteiger partial charge >= 0.3 is 0 Å². The number of anilines is 3. The van der Waals surface area contributed by atoms with Crippen molar-refractivity contribution in [3.63, 3.8) is 0 Å². The number of methoxy groups -OCH3 is 1. The molecule has 1 aromatic carbocycles. The van der Waals surface area contributed by atoms with Crippen molar-refractivity contribution < 1.29 is 4.74 Å². The Morgan fingerprint density at radius 2 is 2.19 bits per heavy atom. The van der Waals surface area contributed by atoms with Crippen LogP contribution in [-0.2, 0) is 0 Å². The van der Waals surface area contributed by atoms with Gasteiger partial charge in [0, 0.05) is 18.3 Å². The van der Waals surface area contributed by atoms with Gasteiger partial charge in [-0.25, -0.2) is 4.98 Å². The molecule has 0 fully saturated rings. The highest BCUT2D eigenvalue weighted by Crippen LogP contribution is 2.30. The number of rotatable bonds is 6. The fourth-order valence-corrected chi connectivity index (χ4v) is 2.20. The molecule has 0 saturated heterocycles. The van der Waals surface area contributed by atoms with Crippen LogP contribution in [0.3, 0.4) is 0 Å². The van der Waals surface area contributed by atoms with Crippen LogP contribution in [0.2, 0.25) is 5.02 Å². The zero-order valence-corrected chi connectivity index (χ0v) is 14.1. The molecule has 2 rings (SSSR count). The fraction of sp³-hybridized carbons (Fsp3) is 0.286. The maximum atomic E-state index is 6.13. The van der Waals surface area contributed by atoms with Crippen LogP contribution < -0.4 is 15.4 Å². The van der Waals surface area contributed by atoms with E-state index in [9.17, 15) is 0 Å². The Morgan fingerprint density at radius 3 is 2.90 bits per heavy atom. The first-order valence-electron chi connectivity index (χ1n) is 6.51. The third kappa shape index (κ3) is 4.22. The Balaban J connectivity index is 2.22. The van der Waals surface area contributed by atoms with Gasteiger partial charge in [0.05, 0.1) is 17.8 Å². The van der Waals surface area contributed by atoms with E-state index in [2.05, 4.69) is 43.5 Å². The highest BCUT2D eigenvalue weighted by molar-refractivity contribution is 9.10. The van der Waals surface area contributed by atoms with E-state index in [1.807, 2.05) is 18.2 Å². The Bertz CT molecular complexity index is 624. The second-order valence-corrected chi connectivity index (χ2v) is 5.55. The zero-order chi connectivity index (χ0) is 15.2. The first kappa shape index (κ1) is 15.9. The van der Waals surface area contributed by atoms with E-state index >= 15 is 0 Å². The predicted molar refractivity (Wildman–Crippen MR) is 89.8 cm³/mol. The van der Waals surface area contributed by atoms with E-state index in [4.69, 9.17) is 16.3 Å². The number of halogens is 2. The topological polar surface area (TPSA) is 59.1 Å². The van der Waals surface area contributed by atoms with E-state index in [0.29, 0.717) is 16.8 Å². The van der Waals surface area contributed by atoms with E-state index < -0.39 is 0 Å². The number of ether oxygens (including phenoxy) is 1. The molecule has 0 aliphatic rings. The number of hydrogen-bond donors (Lipinski definition) is 2. The summed E-state index contributed by atoms with van der Waals surface area (Å²) in [6.45, 7) is 2.89. The summed E-state index contributed by atoms with van der Waals surface area (Å²) in [7, 11) is 1.62. The molecule has 0 amide bonds. The van der Waals surface area contributed by atoms with E-state index in [0.717, 1.165) is 28.9 Å². The van der Waals surface area contributed by atoms with E-state index in [1.165, 1.54) is 0 Å². The van der Waals surface area contributed by atoms with E-state index in [1.54, 1.807) is 13.3 Å². The zero-order valence-electron chi connectivity index (χ0n) is 11.8. The van der Waals surface area contributed by atoms with Crippen LogP contribution >= 0.6 is 27.5 Å². The molecule has 21 heavy (non-hydrogen) atoms. The first-order valence-corrected chi connectivity index (χ1v) is 7.68. The van der Waals surface area contributed by atoms with Gasteiger partial charge in [0.25, 0.3) is 0 Å². The van der Waals surface area contributed by atoms with Gasteiger partial charge in [0.2, 0.25) is 5.95 Å². The highest BCUT2D eigenvalue weighted by Gasteiger charge is 2.07. The van der Waals surface area contributed by atoms with Crippen molar-refractivity contribution in [2.24, 2.45) is 0 Å². The van der Waals surface area contributed by atoms with Gasteiger partial charge in [-0.3, -0.25) is 0 Å². The third-order valence-electron chi connectivity index (χ3n) is 2.69. The molecule has 0 aliphatic carbocycles. The lowest BCUT2D eigenvalue weighted by Gasteiger charge is -2.11. The van der Waals surface area contributed by atoms with Crippen LogP contribution in [-0.4, -0.2) is 23.6 Å².